The summed E-state index contributed by atoms with van der Waals surface area (Å²) in [6.45, 7) is 3.19. The fourth-order valence-electron chi connectivity index (χ4n) is 2.74. The smallest absolute Gasteiger partial charge is 0.313 e. The number of aliphatic carboxylic acids is 1. The zero-order chi connectivity index (χ0) is 14.9. The van der Waals surface area contributed by atoms with Gasteiger partial charge in [-0.05, 0) is 37.7 Å². The van der Waals surface area contributed by atoms with Gasteiger partial charge in [-0.25, -0.2) is 4.98 Å². The van der Waals surface area contributed by atoms with Gasteiger partial charge in [-0.15, -0.1) is 0 Å². The highest BCUT2D eigenvalue weighted by Crippen LogP contribution is 2.40. The lowest BCUT2D eigenvalue weighted by Crippen LogP contribution is -2.24. The fourth-order valence-corrected chi connectivity index (χ4v) is 4.76. The third kappa shape index (κ3) is 3.21. The zero-order valence-corrected chi connectivity index (χ0v) is 13.5. The van der Waals surface area contributed by atoms with Crippen LogP contribution >= 0.6 is 23.5 Å². The highest BCUT2D eigenvalue weighted by Gasteiger charge is 2.31. The molecule has 21 heavy (non-hydrogen) atoms. The minimum atomic E-state index is -0.806. The molecule has 3 rings (SSSR count). The first-order valence-corrected chi connectivity index (χ1v) is 8.98. The average molecular weight is 322 g/mol. The summed E-state index contributed by atoms with van der Waals surface area (Å²) >= 11 is 3.32. The molecule has 1 saturated heterocycles. The summed E-state index contributed by atoms with van der Waals surface area (Å²) < 4.78 is 2.42. The number of para-hydroxylation sites is 2. The van der Waals surface area contributed by atoms with Crippen molar-refractivity contribution in [3.05, 3.63) is 24.3 Å². The molecule has 0 amide bonds. The summed E-state index contributed by atoms with van der Waals surface area (Å²) in [6, 6.07) is 8.03. The molecule has 1 fully saturated rings. The van der Waals surface area contributed by atoms with Gasteiger partial charge in [0.1, 0.15) is 0 Å². The number of thioether (sulfide) groups is 2. The Kier molecular flexibility index (Phi) is 4.17. The molecule has 4 nitrogen and oxygen atoms in total. The number of fused-ring (bicyclic) bond motifs is 1. The van der Waals surface area contributed by atoms with Crippen LogP contribution in [-0.4, -0.2) is 36.9 Å². The Bertz CT molecular complexity index is 663. The number of benzene rings is 1. The van der Waals surface area contributed by atoms with Crippen molar-refractivity contribution >= 4 is 40.5 Å². The molecule has 1 aliphatic heterocycles. The Labute approximate surface area is 132 Å². The number of carbonyl (C=O) groups is 1. The molecule has 2 aromatic rings. The second kappa shape index (κ2) is 5.93. The van der Waals surface area contributed by atoms with E-state index in [0.717, 1.165) is 22.7 Å². The van der Waals surface area contributed by atoms with Crippen LogP contribution in [0, 0.1) is 0 Å². The van der Waals surface area contributed by atoms with Gasteiger partial charge in [0.2, 0.25) is 0 Å². The second-order valence-electron chi connectivity index (χ2n) is 5.55. The normalized spacial score (nSPS) is 22.0. The van der Waals surface area contributed by atoms with Gasteiger partial charge in [0.15, 0.2) is 5.16 Å². The van der Waals surface area contributed by atoms with Crippen LogP contribution in [-0.2, 0) is 11.3 Å². The van der Waals surface area contributed by atoms with E-state index in [4.69, 9.17) is 5.11 Å². The molecule has 1 aromatic heterocycles. The van der Waals surface area contributed by atoms with Crippen molar-refractivity contribution < 1.29 is 9.90 Å². The van der Waals surface area contributed by atoms with Crippen LogP contribution in [0.2, 0.25) is 0 Å². The van der Waals surface area contributed by atoms with Crippen LogP contribution in [0.5, 0.6) is 0 Å². The maximum absolute atomic E-state index is 10.8. The van der Waals surface area contributed by atoms with Gasteiger partial charge in [0.05, 0.1) is 16.8 Å². The quantitative estimate of drug-likeness (QED) is 0.854. The summed E-state index contributed by atoms with van der Waals surface area (Å²) in [5, 5.41) is 9.73. The number of aromatic nitrogens is 2. The minimum absolute atomic E-state index is 0.0488. The Balaban J connectivity index is 1.96. The fraction of sp³-hybridized carbons (Fsp3) is 0.467. The number of imidazole rings is 1. The van der Waals surface area contributed by atoms with E-state index in [-0.39, 0.29) is 10.5 Å². The summed E-state index contributed by atoms with van der Waals surface area (Å²) in [6.07, 6.45) is 2.46. The zero-order valence-electron chi connectivity index (χ0n) is 11.9. The van der Waals surface area contributed by atoms with Crippen LogP contribution < -0.4 is 0 Å². The summed E-state index contributed by atoms with van der Waals surface area (Å²) in [5.41, 5.74) is 2.04. The Morgan fingerprint density at radius 3 is 3.05 bits per heavy atom. The van der Waals surface area contributed by atoms with E-state index in [9.17, 15) is 4.79 Å². The monoisotopic (exact) mass is 322 g/mol. The summed E-state index contributed by atoms with van der Waals surface area (Å²) in [7, 11) is 0. The molecule has 0 aliphatic carbocycles. The number of carboxylic acid groups (broad SMARTS) is 1. The molecule has 112 valence electrons. The molecule has 6 heteroatoms. The Morgan fingerprint density at radius 1 is 1.52 bits per heavy atom. The van der Waals surface area contributed by atoms with Gasteiger partial charge in [0.25, 0.3) is 0 Å². The number of nitrogens with zero attached hydrogens (tertiary/aromatic N) is 2. The molecule has 1 atom stereocenters. The van der Waals surface area contributed by atoms with Crippen LogP contribution in [0.4, 0.5) is 0 Å². The molecular weight excluding hydrogens is 304 g/mol. The van der Waals surface area contributed by atoms with Gasteiger partial charge in [-0.1, -0.05) is 23.9 Å². The largest absolute Gasteiger partial charge is 0.481 e. The van der Waals surface area contributed by atoms with E-state index in [0.29, 0.717) is 0 Å². The van der Waals surface area contributed by atoms with Gasteiger partial charge in [-0.2, -0.15) is 11.8 Å². The summed E-state index contributed by atoms with van der Waals surface area (Å²) in [5.74, 6) is 0.452. The SMILES string of the molecule is CC1(Cn2c(SCC(=O)O)nc3ccccc32)CCCS1. The highest BCUT2D eigenvalue weighted by molar-refractivity contribution is 8.00. The van der Waals surface area contributed by atoms with Crippen LogP contribution in [0.25, 0.3) is 11.0 Å². The lowest BCUT2D eigenvalue weighted by atomic mass is 10.1. The van der Waals surface area contributed by atoms with E-state index in [2.05, 4.69) is 22.5 Å². The number of hydrogen-bond donors (Lipinski definition) is 1. The third-order valence-electron chi connectivity index (χ3n) is 3.74. The van der Waals surface area contributed by atoms with Crippen molar-refractivity contribution in [3.8, 4) is 0 Å². The first-order valence-electron chi connectivity index (χ1n) is 7.01. The molecule has 0 bridgehead atoms. The Hall–Kier alpha value is -1.14. The van der Waals surface area contributed by atoms with Crippen LogP contribution in [0.3, 0.4) is 0 Å². The highest BCUT2D eigenvalue weighted by atomic mass is 32.2. The van der Waals surface area contributed by atoms with E-state index in [1.54, 1.807) is 0 Å². The van der Waals surface area contributed by atoms with Crippen LogP contribution in [0.1, 0.15) is 19.8 Å². The lowest BCUT2D eigenvalue weighted by molar-refractivity contribution is -0.133. The van der Waals surface area contributed by atoms with Crippen molar-refractivity contribution in [1.82, 2.24) is 9.55 Å². The van der Waals surface area contributed by atoms with Crippen molar-refractivity contribution in [1.29, 1.82) is 0 Å². The molecule has 1 N–H and O–H groups in total. The topological polar surface area (TPSA) is 55.1 Å². The minimum Gasteiger partial charge on any atom is -0.481 e. The Morgan fingerprint density at radius 2 is 2.33 bits per heavy atom. The molecule has 1 aromatic carbocycles. The van der Waals surface area contributed by atoms with E-state index >= 15 is 0 Å². The van der Waals surface area contributed by atoms with Crippen molar-refractivity contribution in [2.75, 3.05) is 11.5 Å². The van der Waals surface area contributed by atoms with Gasteiger partial charge in [-0.3, -0.25) is 4.79 Å². The van der Waals surface area contributed by atoms with Crippen molar-refractivity contribution in [3.63, 3.8) is 0 Å². The maximum atomic E-state index is 10.8. The summed E-state index contributed by atoms with van der Waals surface area (Å²) in [4.78, 5) is 15.5. The second-order valence-corrected chi connectivity index (χ2v) is 8.18. The lowest BCUT2D eigenvalue weighted by Gasteiger charge is -2.24. The number of carboxylic acids is 1. The first kappa shape index (κ1) is 14.8. The molecule has 0 radical (unpaired) electrons. The predicted molar refractivity (Wildman–Crippen MR) is 88.2 cm³/mol. The first-order chi connectivity index (χ1) is 10.1. The van der Waals surface area contributed by atoms with Crippen molar-refractivity contribution in [2.45, 2.75) is 36.2 Å². The predicted octanol–water partition coefficient (Wildman–Crippen LogP) is 3.50. The van der Waals surface area contributed by atoms with Crippen molar-refractivity contribution in [2.24, 2.45) is 0 Å². The molecule has 0 spiro atoms. The molecule has 2 heterocycles. The van der Waals surface area contributed by atoms with E-state index < -0.39 is 5.97 Å². The van der Waals surface area contributed by atoms with Crippen LogP contribution in [0.15, 0.2) is 29.4 Å². The van der Waals surface area contributed by atoms with E-state index in [1.165, 1.54) is 30.4 Å². The maximum Gasteiger partial charge on any atom is 0.313 e. The van der Waals surface area contributed by atoms with E-state index in [1.807, 2.05) is 30.0 Å². The van der Waals surface area contributed by atoms with Gasteiger partial charge >= 0.3 is 5.97 Å². The molecule has 1 aliphatic rings. The average Bonchev–Trinajstić information content (AvgIpc) is 3.02. The third-order valence-corrected chi connectivity index (χ3v) is 6.22. The molecule has 1 unspecified atom stereocenters. The van der Waals surface area contributed by atoms with Gasteiger partial charge in [0, 0.05) is 11.3 Å². The molecule has 0 saturated carbocycles. The standard InChI is InChI=1S/C15H18N2O2S2/c1-15(7-4-8-21-15)10-17-12-6-3-2-5-11(12)16-14(17)20-9-13(18)19/h2-3,5-6H,4,7-10H2,1H3,(H,18,19). The molecular formula is C15H18N2O2S2. The van der Waals surface area contributed by atoms with Gasteiger partial charge < -0.3 is 9.67 Å². The number of rotatable bonds is 5. The number of hydrogen-bond acceptors (Lipinski definition) is 4.